The van der Waals surface area contributed by atoms with Crippen LogP contribution in [0.2, 0.25) is 19.6 Å². The average molecular weight is 2610 g/mol. The molecule has 13 aromatic carbocycles. The number of hydrogen-bond donors (Lipinski definition) is 4. The van der Waals surface area contributed by atoms with Crippen molar-refractivity contribution in [1.29, 1.82) is 0 Å². The summed E-state index contributed by atoms with van der Waals surface area (Å²) in [5.41, 5.74) is 15.5. The molecule has 19 nitrogen and oxygen atoms in total. The molecule has 0 aliphatic carbocycles. The van der Waals surface area contributed by atoms with E-state index in [1.165, 1.54) is 146 Å². The zero-order valence-electron chi connectivity index (χ0n) is 78.5. The molecule has 11 aromatic heterocycles. The minimum absolute atomic E-state index is 0. The summed E-state index contributed by atoms with van der Waals surface area (Å²) in [5.74, 6) is -2.56. The molecule has 24 aromatic rings. The van der Waals surface area contributed by atoms with Gasteiger partial charge in [0.1, 0.15) is 45.4 Å². The minimum atomic E-state index is -1.34. The van der Waals surface area contributed by atoms with Crippen molar-refractivity contribution in [1.82, 2.24) is 53.2 Å². The fourth-order valence-electron chi connectivity index (χ4n) is 16.8. The molecular weight excluding hydrogens is 2520 g/mol. The second kappa shape index (κ2) is 49.6. The molecule has 4 N–H and O–H groups in total. The van der Waals surface area contributed by atoms with Gasteiger partial charge in [-0.15, -0.1) is 24.3 Å². The van der Waals surface area contributed by atoms with Gasteiger partial charge in [0.15, 0.2) is 5.78 Å². The summed E-state index contributed by atoms with van der Waals surface area (Å²) in [7, 11) is -1.34. The second-order valence-electron chi connectivity index (χ2n) is 34.0. The number of nitrogens with zero attached hydrogens (tertiary/aromatic N) is 11. The maximum absolute atomic E-state index is 11.8. The molecule has 24 heteroatoms. The molecule has 4 radical (unpaired) electrons. The summed E-state index contributed by atoms with van der Waals surface area (Å²) in [4.78, 5) is 71.9. The van der Waals surface area contributed by atoms with E-state index in [0.29, 0.717) is 17.0 Å². The van der Waals surface area contributed by atoms with Crippen LogP contribution >= 0.6 is 0 Å². The monoisotopic (exact) mass is 2620 g/mol. The molecule has 0 amide bonds. The first-order chi connectivity index (χ1) is 68.3. The molecule has 0 bridgehead atoms. The Labute approximate surface area is 886 Å². The number of aromatic nitrogens is 11. The number of hydrogen-bond acceptors (Lipinski definition) is 12. The van der Waals surface area contributed by atoms with E-state index in [4.69, 9.17) is 30.3 Å². The van der Waals surface area contributed by atoms with E-state index in [1.807, 2.05) is 97.6 Å². The van der Waals surface area contributed by atoms with Crippen LogP contribution in [0.3, 0.4) is 0 Å². The molecule has 720 valence electrons. The maximum Gasteiger partial charge on any atom is 0.354 e. The number of allylic oxidation sites excluding steroid dienone is 1. The molecule has 0 aliphatic rings. The van der Waals surface area contributed by atoms with Crippen molar-refractivity contribution in [3.63, 3.8) is 0 Å². The fraction of sp³-hybridized carbons (Fsp3) is 0.0583. The number of pyridine rings is 7. The van der Waals surface area contributed by atoms with Crippen molar-refractivity contribution in [2.24, 2.45) is 5.92 Å². The molecule has 0 fully saturated rings. The first kappa shape index (κ1) is 106. The largest absolute Gasteiger partial charge is 0.507 e. The normalized spacial score (nSPS) is 10.8. The average Bonchev–Trinajstić information content (AvgIpc) is 1.59. The number of aliphatic hydroxyl groups excluding tert-OH is 1. The molecule has 0 saturated heterocycles. The maximum atomic E-state index is 11.8. The Balaban J connectivity index is 0.000000142. The van der Waals surface area contributed by atoms with Crippen molar-refractivity contribution < 1.29 is 120 Å². The minimum Gasteiger partial charge on any atom is -0.507 e. The summed E-state index contributed by atoms with van der Waals surface area (Å²) in [6, 6.07) is 138. The number of carbonyl (C=O) groups excluding carboxylic acids is 1. The Morgan fingerprint density at radius 2 is 0.653 bits per heavy atom. The summed E-state index contributed by atoms with van der Waals surface area (Å²) in [6.07, 6.45) is 14.4. The van der Waals surface area contributed by atoms with Gasteiger partial charge >= 0.3 is 17.9 Å². The number of benzene rings is 13. The van der Waals surface area contributed by atoms with Crippen molar-refractivity contribution in [3.8, 4) is 22.7 Å². The third-order valence-corrected chi connectivity index (χ3v) is 25.2. The van der Waals surface area contributed by atoms with Gasteiger partial charge in [-0.1, -0.05) is 281 Å². The third-order valence-electron chi connectivity index (χ3n) is 23.2. The molecule has 0 spiro atoms. The van der Waals surface area contributed by atoms with Gasteiger partial charge in [0, 0.05) is 208 Å². The van der Waals surface area contributed by atoms with E-state index in [9.17, 15) is 24.3 Å². The molecule has 24 rings (SSSR count). The smallest absolute Gasteiger partial charge is 0.354 e. The van der Waals surface area contributed by atoms with E-state index in [-0.39, 0.29) is 109 Å². The molecular formula is C120H93Ir4N11O8Si-4. The van der Waals surface area contributed by atoms with Gasteiger partial charge in [-0.3, -0.25) is 4.79 Å². The van der Waals surface area contributed by atoms with E-state index < -0.39 is 26.0 Å². The third kappa shape index (κ3) is 24.4. The van der Waals surface area contributed by atoms with E-state index in [1.54, 1.807) is 72.8 Å². The van der Waals surface area contributed by atoms with Crippen LogP contribution < -0.4 is 5.19 Å². The molecule has 0 unspecified atom stereocenters. The predicted octanol–water partition coefficient (Wildman–Crippen LogP) is 26.9. The SMILES string of the molecule is CC(C)Cc1cc[c-]c(-n2c3ccccc3c3c4ccccc4cnc32)c1.C[Si](C)(C)c1c[c-]c(-n2c3ccccc3c3c4ccccc4cnc32)cc1.O=C(C=C(O)c1ccccc1)c1ccccc1.O=C(O)c1ccccn1.O=C(O)c1ccccn1.O=C(O)c1ccccn1.[Ir].[Ir].[Ir].[Ir].[c-]1ccccc1-n1c2ccccc2c2c3ccccc3cnc21.[c-]1ccccc1-n1c2ccccc2c2cccnc21. The number of para-hydroxylation sites is 6. The summed E-state index contributed by atoms with van der Waals surface area (Å²) < 4.78 is 8.84. The van der Waals surface area contributed by atoms with Crippen LogP contribution in [0.1, 0.15) is 66.8 Å². The Bertz CT molecular complexity index is 8390. The van der Waals surface area contributed by atoms with Crippen LogP contribution in [0.4, 0.5) is 0 Å². The van der Waals surface area contributed by atoms with Crippen LogP contribution in [0.25, 0.3) is 149 Å². The first-order valence-corrected chi connectivity index (χ1v) is 48.9. The van der Waals surface area contributed by atoms with Crippen LogP contribution in [-0.2, 0) is 86.8 Å². The fourth-order valence-corrected chi connectivity index (χ4v) is 17.9. The van der Waals surface area contributed by atoms with Crippen molar-refractivity contribution >= 4 is 163 Å². The van der Waals surface area contributed by atoms with Gasteiger partial charge in [-0.25, -0.2) is 49.3 Å². The first-order valence-electron chi connectivity index (χ1n) is 45.4. The number of ketones is 1. The number of carboxylic acid groups (broad SMARTS) is 3. The van der Waals surface area contributed by atoms with Crippen LogP contribution in [0, 0.1) is 30.2 Å². The van der Waals surface area contributed by atoms with E-state index >= 15 is 0 Å². The Kier molecular flexibility index (Phi) is 36.4. The Morgan fingerprint density at radius 3 is 1.03 bits per heavy atom. The van der Waals surface area contributed by atoms with Crippen molar-refractivity contribution in [3.05, 3.63) is 490 Å². The Morgan fingerprint density at radius 1 is 0.312 bits per heavy atom. The second-order valence-corrected chi connectivity index (χ2v) is 39.1. The number of aromatic carboxylic acids is 3. The number of rotatable bonds is 13. The van der Waals surface area contributed by atoms with Gasteiger partial charge in [0.2, 0.25) is 0 Å². The van der Waals surface area contributed by atoms with Crippen LogP contribution in [0.15, 0.2) is 432 Å². The quantitative estimate of drug-likeness (QED) is 0.0275. The Hall–Kier alpha value is -15.7. The van der Waals surface area contributed by atoms with Crippen LogP contribution in [-0.4, -0.2) is 105 Å². The molecule has 0 aliphatic heterocycles. The number of carboxylic acids is 3. The van der Waals surface area contributed by atoms with E-state index in [2.05, 4.69) is 314 Å². The molecule has 144 heavy (non-hydrogen) atoms. The predicted molar refractivity (Wildman–Crippen MR) is 565 cm³/mol. The molecule has 0 saturated carbocycles. The number of aliphatic hydroxyl groups is 1. The molecule has 11 heterocycles. The summed E-state index contributed by atoms with van der Waals surface area (Å²) in [6.45, 7) is 11.6. The van der Waals surface area contributed by atoms with Gasteiger partial charge < -0.3 is 38.7 Å². The van der Waals surface area contributed by atoms with Crippen molar-refractivity contribution in [2.45, 2.75) is 39.9 Å². The van der Waals surface area contributed by atoms with Gasteiger partial charge in [-0.05, 0) is 101 Å². The van der Waals surface area contributed by atoms with Gasteiger partial charge in [0.05, 0.1) is 22.1 Å². The topological polar surface area (TPSA) is 259 Å². The standard InChI is InChI=1S/C25H21N2.C24H21N2Si.C21H13N2.C17H11N2.C15H12O2.3C6H5NO2.4Ir/c1-17(2)14-18-8-7-10-20(15-18)27-23-13-6-5-12-22(23)24-21-11-4-3-9-19(21)16-26-25(24)27;1-27(2,3)19-14-12-18(13-15-19)26-22-11-7-6-10-21(22)23-20-9-5-4-8-17(20)16-25-24(23)26;1-2-9-16(10-3-1)23-19-13-7-6-12-18(19)20-17-11-5-4-8-15(17)14-22-21(20)23;1-2-7-13(8-3-1)19-16-11-5-4-9-14(16)15-10-6-12-18-17(15)19;16-14(12-7-3-1-4-8-12)11-15(17)13-9-5-2-6-10-13;3*8-6(9)5-3-1-2-4-7-5;;;;/h3-9,11-13,15-17H,14H2,1-2H3;4-12,14-16H,1-3H3;1-9,11-14H;1-7,9-12H;1-11,16H;3*1-4H,(H,8,9);;;;/q4*-1;;;;;;;;. The van der Waals surface area contributed by atoms with Crippen LogP contribution in [0.5, 0.6) is 0 Å². The number of carbonyl (C=O) groups is 4. The summed E-state index contributed by atoms with van der Waals surface area (Å²) in [5, 5.41) is 53.2. The zero-order valence-corrected chi connectivity index (χ0v) is 89.0. The number of fused-ring (bicyclic) bond motifs is 18. The molecule has 0 atom stereocenters. The van der Waals surface area contributed by atoms with Gasteiger partial charge in [0.25, 0.3) is 0 Å². The zero-order chi connectivity index (χ0) is 97.0. The summed E-state index contributed by atoms with van der Waals surface area (Å²) >= 11 is 0. The van der Waals surface area contributed by atoms with E-state index in [0.717, 1.165) is 57.3 Å². The van der Waals surface area contributed by atoms with Gasteiger partial charge in [-0.2, -0.15) is 95.7 Å². The van der Waals surface area contributed by atoms with Crippen molar-refractivity contribution in [2.75, 3.05) is 0 Å².